The first kappa shape index (κ1) is 16.1. The maximum Gasteiger partial charge on any atom is 2.00 e. The van der Waals surface area contributed by atoms with Gasteiger partial charge in [0, 0.05) is 0 Å². The zero-order valence-electron chi connectivity index (χ0n) is 4.43. The van der Waals surface area contributed by atoms with E-state index in [1.54, 1.807) is 0 Å². The van der Waals surface area contributed by atoms with Gasteiger partial charge < -0.3 is 2.85 Å². The van der Waals surface area contributed by atoms with Crippen LogP contribution < -0.4 is 0 Å². The summed E-state index contributed by atoms with van der Waals surface area (Å²) in [7, 11) is 0. The molecule has 0 atom stereocenters. The molecule has 5 heavy (non-hydrogen) atoms. The first-order valence-corrected chi connectivity index (χ1v) is 0.707. The molecule has 0 radical (unpaired) electrons. The predicted octanol–water partition coefficient (Wildman–Crippen LogP) is -0.00590. The van der Waals surface area contributed by atoms with Crippen molar-refractivity contribution in [1.82, 2.24) is 0 Å². The molecule has 0 spiro atoms. The average molecular weight is 129 g/mol. The molecule has 0 aliphatic carbocycles. The number of halogens is 1. The van der Waals surface area contributed by atoms with E-state index < -0.39 is 0 Å². The van der Waals surface area contributed by atoms with E-state index in [2.05, 4.69) is 11.9 Å². The summed E-state index contributed by atoms with van der Waals surface area (Å²) in [6.45, 7) is 0. The minimum absolute atomic E-state index is 0. The molecule has 0 fully saturated rings. The van der Waals surface area contributed by atoms with E-state index in [0.717, 1.165) is 0 Å². The largest absolute Gasteiger partial charge is 2.00 e. The average Bonchev–Trinajstić information content (AvgIpc) is 1.50. The normalized spacial score (nSPS) is 2.40. The molecule has 0 saturated heterocycles. The van der Waals surface area contributed by atoms with Crippen molar-refractivity contribution < 1.29 is 18.0 Å². The van der Waals surface area contributed by atoms with Crippen molar-refractivity contribution in [2.75, 3.05) is 0 Å². The van der Waals surface area contributed by atoms with Gasteiger partial charge in [0.1, 0.15) is 0 Å². The molecule has 0 aromatic heterocycles. The van der Waals surface area contributed by atoms with Crippen molar-refractivity contribution >= 4 is 49.6 Å². The smallest absolute Gasteiger partial charge is 1.00 e. The second-order valence-corrected chi connectivity index (χ2v) is 0. The van der Waals surface area contributed by atoms with Crippen LogP contribution in [0.4, 0.5) is 0 Å². The zero-order chi connectivity index (χ0) is 4.00. The Balaban J connectivity index is -0.00000000267. The first-order chi connectivity index (χ1) is 2.00. The summed E-state index contributed by atoms with van der Waals surface area (Å²) < 4.78 is 6.47. The molecule has 0 amide bonds. The second-order valence-electron chi connectivity index (χ2n) is 0. The van der Waals surface area contributed by atoms with Gasteiger partial charge in [0.2, 0.25) is 0 Å². The van der Waals surface area contributed by atoms with E-state index in [-0.39, 0.29) is 40.6 Å². The molecule has 0 aliphatic heterocycles. The van der Waals surface area contributed by atoms with Crippen LogP contribution in [0.15, 0.2) is 0 Å². The Bertz CT molecular complexity index is 12.9. The van der Waals surface area contributed by atoms with Gasteiger partial charge in [-0.25, -0.2) is 0 Å². The molecule has 0 heterocycles. The van der Waals surface area contributed by atoms with Gasteiger partial charge >= 0.3 is 37.7 Å². The molecule has 0 aromatic carbocycles. The van der Waals surface area contributed by atoms with Gasteiger partial charge in [0.15, 0.2) is 0 Å². The summed E-state index contributed by atoms with van der Waals surface area (Å²) in [5, 5.41) is 12.0. The molecular weight excluding hydrogens is 124 g/mol. The number of hydrogen-bond donors (Lipinski definition) is 3. The summed E-state index contributed by atoms with van der Waals surface area (Å²) in [5.74, 6) is 0. The monoisotopic (exact) mass is 128 g/mol. The minimum atomic E-state index is 0. The van der Waals surface area contributed by atoms with Crippen molar-refractivity contribution in [3.05, 3.63) is 0 Å². The van der Waals surface area contributed by atoms with Crippen LogP contribution in [0.1, 0.15) is 2.85 Å². The third-order valence-corrected chi connectivity index (χ3v) is 0. The Morgan fingerprint density at radius 1 is 1.20 bits per heavy atom. The summed E-state index contributed by atoms with van der Waals surface area (Å²) in [6.07, 6.45) is 0. The van der Waals surface area contributed by atoms with Gasteiger partial charge in [-0.1, -0.05) is 0 Å². The second kappa shape index (κ2) is 52.1. The van der Waals surface area contributed by atoms with Crippen LogP contribution in [0.2, 0.25) is 0 Å². The Kier molecular flexibility index (Phi) is 168. The van der Waals surface area contributed by atoms with Crippen LogP contribution in [0.3, 0.4) is 0 Å². The van der Waals surface area contributed by atoms with Crippen LogP contribution in [0, 0.1) is 0 Å². The van der Waals surface area contributed by atoms with Gasteiger partial charge in [0.05, 0.1) is 11.9 Å². The molecule has 3 nitrogen and oxygen atoms in total. The summed E-state index contributed by atoms with van der Waals surface area (Å²) in [4.78, 5) is 0. The fourth-order valence-corrected chi connectivity index (χ4v) is 0. The topological polar surface area (TPSA) is 60.7 Å². The Morgan fingerprint density at radius 3 is 1.20 bits per heavy atom. The van der Waals surface area contributed by atoms with Gasteiger partial charge in [-0.15, -0.1) is 0 Å². The third-order valence-electron chi connectivity index (χ3n) is 0. The van der Waals surface area contributed by atoms with Crippen molar-refractivity contribution in [2.45, 2.75) is 0 Å². The summed E-state index contributed by atoms with van der Waals surface area (Å²) >= 11 is 3.64. The zero-order valence-corrected chi connectivity index (χ0v) is 5.39. The molecule has 0 bridgehead atoms. The van der Waals surface area contributed by atoms with E-state index in [1.165, 1.54) is 0 Å². The van der Waals surface area contributed by atoms with E-state index in [0.29, 0.717) is 0 Å². The van der Waals surface area contributed by atoms with Crippen LogP contribution in [-0.4, -0.2) is 52.9 Å². The molecule has 32 valence electrons. The van der Waals surface area contributed by atoms with Crippen LogP contribution in [0.25, 0.3) is 0 Å². The molecule has 0 aromatic rings. The van der Waals surface area contributed by atoms with E-state index in [4.69, 9.17) is 15.2 Å². The van der Waals surface area contributed by atoms with Crippen molar-refractivity contribution in [1.29, 1.82) is 0 Å². The van der Waals surface area contributed by atoms with Crippen LogP contribution in [-0.2, 0) is 0 Å². The van der Waals surface area contributed by atoms with E-state index in [1.807, 2.05) is 0 Å². The standard InChI is InChI=1S/Ca.ClHO.H2O2.2H/c;2*1-2;;/h;2H;1-2H;;/q+2;;;2*-1. The van der Waals surface area contributed by atoms with Crippen molar-refractivity contribution in [2.24, 2.45) is 0 Å². The van der Waals surface area contributed by atoms with Gasteiger partial charge in [-0.3, -0.25) is 15.2 Å². The summed E-state index contributed by atoms with van der Waals surface area (Å²) in [6, 6.07) is 0. The maximum atomic E-state index is 6.47. The molecular formula is H5CaClO3. The van der Waals surface area contributed by atoms with Crippen molar-refractivity contribution in [3.63, 3.8) is 0 Å². The van der Waals surface area contributed by atoms with Crippen LogP contribution >= 0.6 is 11.9 Å². The molecule has 0 aliphatic rings. The maximum absolute atomic E-state index is 6.47. The van der Waals surface area contributed by atoms with E-state index >= 15 is 0 Å². The van der Waals surface area contributed by atoms with Gasteiger partial charge in [0.25, 0.3) is 0 Å². The van der Waals surface area contributed by atoms with E-state index in [9.17, 15) is 0 Å². The summed E-state index contributed by atoms with van der Waals surface area (Å²) in [5.41, 5.74) is 0. The predicted molar refractivity (Wildman–Crippen MR) is 21.3 cm³/mol. The Morgan fingerprint density at radius 2 is 1.20 bits per heavy atom. The fourth-order valence-electron chi connectivity index (χ4n) is 0. The molecule has 3 N–H and O–H groups in total. The third kappa shape index (κ3) is 31.2. The number of rotatable bonds is 0. The fraction of sp³-hybridized carbons (Fsp3) is 0. The molecule has 0 unspecified atom stereocenters. The SMILES string of the molecule is OCl.OO.[Ca+2].[H-].[H-]. The first-order valence-electron chi connectivity index (χ1n) is 0.369. The van der Waals surface area contributed by atoms with Crippen molar-refractivity contribution in [3.8, 4) is 0 Å². The molecule has 5 heteroatoms. The van der Waals surface area contributed by atoms with Crippen LogP contribution in [0.5, 0.6) is 0 Å². The van der Waals surface area contributed by atoms with Gasteiger partial charge in [-0.2, -0.15) is 0 Å². The van der Waals surface area contributed by atoms with Gasteiger partial charge in [-0.05, 0) is 0 Å². The number of hydrogen-bond acceptors (Lipinski definition) is 3. The Hall–Kier alpha value is 1.43. The quantitative estimate of drug-likeness (QED) is 0.244. The molecule has 0 saturated carbocycles. The molecule has 0 rings (SSSR count). The minimum Gasteiger partial charge on any atom is -1.00 e. The Labute approximate surface area is 67.3 Å².